The van der Waals surface area contributed by atoms with Crippen LogP contribution in [0.2, 0.25) is 4.34 Å². The molecule has 1 aliphatic carbocycles. The van der Waals surface area contributed by atoms with Crippen molar-refractivity contribution in [1.29, 1.82) is 0 Å². The summed E-state index contributed by atoms with van der Waals surface area (Å²) < 4.78 is 0.886. The normalized spacial score (nSPS) is 19.3. The minimum Gasteiger partial charge on any atom is -0.309 e. The van der Waals surface area contributed by atoms with Gasteiger partial charge in [0.25, 0.3) is 0 Å². The van der Waals surface area contributed by atoms with Crippen LogP contribution in [0.15, 0.2) is 12.1 Å². The van der Waals surface area contributed by atoms with Crippen LogP contribution in [0.25, 0.3) is 0 Å². The molecule has 2 rings (SSSR count). The minimum absolute atomic E-state index is 0.452. The Hall–Kier alpha value is -0.0500. The fourth-order valence-corrected chi connectivity index (χ4v) is 2.79. The van der Waals surface area contributed by atoms with Crippen molar-refractivity contribution in [2.24, 2.45) is 5.92 Å². The summed E-state index contributed by atoms with van der Waals surface area (Å²) in [6, 6.07) is 4.54. The first-order chi connectivity index (χ1) is 6.75. The van der Waals surface area contributed by atoms with E-state index in [1.54, 1.807) is 11.3 Å². The molecule has 0 radical (unpaired) electrons. The van der Waals surface area contributed by atoms with Crippen molar-refractivity contribution < 1.29 is 0 Å². The molecule has 1 unspecified atom stereocenters. The lowest BCUT2D eigenvalue weighted by atomic mass is 9.85. The molecule has 3 heteroatoms. The zero-order valence-electron chi connectivity index (χ0n) is 8.42. The molecule has 0 bridgehead atoms. The van der Waals surface area contributed by atoms with Gasteiger partial charge in [-0.1, -0.05) is 18.0 Å². The molecule has 1 aromatic heterocycles. The van der Waals surface area contributed by atoms with Gasteiger partial charge in [0.1, 0.15) is 0 Å². The molecule has 1 aliphatic rings. The van der Waals surface area contributed by atoms with Gasteiger partial charge in [-0.15, -0.1) is 11.3 Å². The second-order valence-electron chi connectivity index (χ2n) is 4.07. The molecular weight excluding hydrogens is 214 g/mol. The molecule has 14 heavy (non-hydrogen) atoms. The maximum atomic E-state index is 5.90. The molecular formula is C11H16ClNS. The molecule has 0 amide bonds. The summed E-state index contributed by atoms with van der Waals surface area (Å²) in [5, 5.41) is 3.57. The third-order valence-electron chi connectivity index (χ3n) is 2.96. The summed E-state index contributed by atoms with van der Waals surface area (Å²) in [6.45, 7) is 3.37. The molecule has 0 aliphatic heterocycles. The Bertz CT molecular complexity index is 293. The maximum absolute atomic E-state index is 5.90. The third-order valence-corrected chi connectivity index (χ3v) is 4.37. The van der Waals surface area contributed by atoms with Gasteiger partial charge in [-0.25, -0.2) is 0 Å². The summed E-state index contributed by atoms with van der Waals surface area (Å²) in [7, 11) is 0. The number of rotatable bonds is 4. The van der Waals surface area contributed by atoms with Gasteiger partial charge in [-0.2, -0.15) is 0 Å². The topological polar surface area (TPSA) is 12.0 Å². The Labute approximate surface area is 94.5 Å². The van der Waals surface area contributed by atoms with E-state index in [-0.39, 0.29) is 0 Å². The van der Waals surface area contributed by atoms with Crippen LogP contribution in [0.4, 0.5) is 0 Å². The maximum Gasteiger partial charge on any atom is 0.0931 e. The number of thiophene rings is 1. The van der Waals surface area contributed by atoms with Crippen molar-refractivity contribution in [3.8, 4) is 0 Å². The third kappa shape index (κ3) is 2.50. The van der Waals surface area contributed by atoms with Gasteiger partial charge in [-0.3, -0.25) is 0 Å². The average Bonchev–Trinajstić information content (AvgIpc) is 2.49. The van der Waals surface area contributed by atoms with Crippen LogP contribution >= 0.6 is 22.9 Å². The predicted molar refractivity (Wildman–Crippen MR) is 63.1 cm³/mol. The van der Waals surface area contributed by atoms with E-state index in [1.165, 1.54) is 24.1 Å². The largest absolute Gasteiger partial charge is 0.309 e. The van der Waals surface area contributed by atoms with E-state index >= 15 is 0 Å². The molecule has 1 N–H and O–H groups in total. The van der Waals surface area contributed by atoms with Gasteiger partial charge in [0.15, 0.2) is 0 Å². The molecule has 0 spiro atoms. The minimum atomic E-state index is 0.452. The van der Waals surface area contributed by atoms with Gasteiger partial charge in [0, 0.05) is 10.9 Å². The van der Waals surface area contributed by atoms with E-state index in [0.29, 0.717) is 6.04 Å². The summed E-state index contributed by atoms with van der Waals surface area (Å²) in [6.07, 6.45) is 4.24. The van der Waals surface area contributed by atoms with E-state index < -0.39 is 0 Å². The van der Waals surface area contributed by atoms with Crippen LogP contribution in [0.1, 0.15) is 37.1 Å². The first-order valence-corrected chi connectivity index (χ1v) is 6.44. The zero-order chi connectivity index (χ0) is 9.97. The number of hydrogen-bond acceptors (Lipinski definition) is 2. The van der Waals surface area contributed by atoms with Crippen LogP contribution < -0.4 is 5.32 Å². The quantitative estimate of drug-likeness (QED) is 0.827. The molecule has 0 saturated heterocycles. The van der Waals surface area contributed by atoms with Crippen molar-refractivity contribution in [3.05, 3.63) is 21.3 Å². The highest BCUT2D eigenvalue weighted by Gasteiger charge is 2.18. The highest BCUT2D eigenvalue weighted by atomic mass is 35.5. The number of halogens is 1. The second-order valence-corrected chi connectivity index (χ2v) is 5.82. The molecule has 1 heterocycles. The summed E-state index contributed by atoms with van der Waals surface area (Å²) in [4.78, 5) is 1.34. The van der Waals surface area contributed by atoms with Crippen LogP contribution in [0, 0.1) is 5.92 Å². The van der Waals surface area contributed by atoms with Gasteiger partial charge < -0.3 is 5.32 Å². The lowest BCUT2D eigenvalue weighted by molar-refractivity contribution is 0.293. The second kappa shape index (κ2) is 4.65. The molecule has 1 atom stereocenters. The average molecular weight is 230 g/mol. The van der Waals surface area contributed by atoms with Crippen LogP contribution in [-0.2, 0) is 0 Å². The Morgan fingerprint density at radius 3 is 2.86 bits per heavy atom. The summed E-state index contributed by atoms with van der Waals surface area (Å²) >= 11 is 7.57. The fraction of sp³-hybridized carbons (Fsp3) is 0.636. The SMILES string of the molecule is CC(NCC1CCC1)c1ccc(Cl)s1. The van der Waals surface area contributed by atoms with Crippen LogP contribution in [0.3, 0.4) is 0 Å². The molecule has 78 valence electrons. The Morgan fingerprint density at radius 1 is 1.57 bits per heavy atom. The molecule has 1 fully saturated rings. The molecule has 0 aromatic carbocycles. The summed E-state index contributed by atoms with van der Waals surface area (Å²) in [5.74, 6) is 0.924. The van der Waals surface area contributed by atoms with E-state index in [0.717, 1.165) is 16.8 Å². The van der Waals surface area contributed by atoms with Gasteiger partial charge in [0.2, 0.25) is 0 Å². The van der Waals surface area contributed by atoms with Crippen LogP contribution in [-0.4, -0.2) is 6.54 Å². The Kier molecular flexibility index (Phi) is 3.47. The molecule has 1 saturated carbocycles. The number of nitrogens with one attached hydrogen (secondary N) is 1. The van der Waals surface area contributed by atoms with Crippen molar-refractivity contribution in [2.45, 2.75) is 32.2 Å². The summed E-state index contributed by atoms with van der Waals surface area (Å²) in [5.41, 5.74) is 0. The Morgan fingerprint density at radius 2 is 2.36 bits per heavy atom. The first-order valence-electron chi connectivity index (χ1n) is 5.24. The van der Waals surface area contributed by atoms with Crippen molar-refractivity contribution in [1.82, 2.24) is 5.32 Å². The smallest absolute Gasteiger partial charge is 0.0931 e. The van der Waals surface area contributed by atoms with E-state index in [2.05, 4.69) is 18.3 Å². The lowest BCUT2D eigenvalue weighted by Gasteiger charge is -2.27. The molecule has 1 aromatic rings. The van der Waals surface area contributed by atoms with Crippen molar-refractivity contribution in [2.75, 3.05) is 6.54 Å². The first kappa shape index (κ1) is 10.5. The molecule has 1 nitrogen and oxygen atoms in total. The van der Waals surface area contributed by atoms with Gasteiger partial charge >= 0.3 is 0 Å². The highest BCUT2D eigenvalue weighted by molar-refractivity contribution is 7.16. The fourth-order valence-electron chi connectivity index (χ4n) is 1.70. The van der Waals surface area contributed by atoms with Gasteiger partial charge in [-0.05, 0) is 44.4 Å². The van der Waals surface area contributed by atoms with E-state index in [4.69, 9.17) is 11.6 Å². The van der Waals surface area contributed by atoms with Gasteiger partial charge in [0.05, 0.1) is 4.34 Å². The zero-order valence-corrected chi connectivity index (χ0v) is 10.00. The van der Waals surface area contributed by atoms with E-state index in [1.807, 2.05) is 6.07 Å². The standard InChI is InChI=1S/C11H16ClNS/c1-8(10-5-6-11(12)14-10)13-7-9-3-2-4-9/h5-6,8-9,13H,2-4,7H2,1H3. The lowest BCUT2D eigenvalue weighted by Crippen LogP contribution is -2.28. The monoisotopic (exact) mass is 229 g/mol. The number of hydrogen-bond donors (Lipinski definition) is 1. The highest BCUT2D eigenvalue weighted by Crippen LogP contribution is 2.29. The van der Waals surface area contributed by atoms with Crippen LogP contribution in [0.5, 0.6) is 0 Å². The van der Waals surface area contributed by atoms with E-state index in [9.17, 15) is 0 Å². The Balaban J connectivity index is 1.79. The predicted octanol–water partition coefficient (Wildman–Crippen LogP) is 3.85. The van der Waals surface area contributed by atoms with Crippen molar-refractivity contribution in [3.63, 3.8) is 0 Å². The van der Waals surface area contributed by atoms with Crippen molar-refractivity contribution >= 4 is 22.9 Å².